The summed E-state index contributed by atoms with van der Waals surface area (Å²) in [5.74, 6) is 1.19. The van der Waals surface area contributed by atoms with E-state index in [0.29, 0.717) is 0 Å². The second-order valence-electron chi connectivity index (χ2n) is 4.66. The molecule has 0 N–H and O–H groups in total. The zero-order valence-electron chi connectivity index (χ0n) is 9.77. The van der Waals surface area contributed by atoms with Crippen LogP contribution >= 0.6 is 11.8 Å². The van der Waals surface area contributed by atoms with Gasteiger partial charge in [-0.1, -0.05) is 42.0 Å². The largest absolute Gasteiger partial charge is 0.293 e. The number of hydrogen-bond acceptors (Lipinski definition) is 2. The Morgan fingerprint density at radius 3 is 2.82 bits per heavy atom. The van der Waals surface area contributed by atoms with Gasteiger partial charge in [-0.3, -0.25) is 4.79 Å². The smallest absolute Gasteiger partial charge is 0.176 e. The highest BCUT2D eigenvalue weighted by Crippen LogP contribution is 2.48. The van der Waals surface area contributed by atoms with Crippen molar-refractivity contribution < 1.29 is 4.79 Å². The summed E-state index contributed by atoms with van der Waals surface area (Å²) in [6.07, 6.45) is 6.71. The minimum absolute atomic E-state index is 0.241. The van der Waals surface area contributed by atoms with Crippen LogP contribution in [0.1, 0.15) is 24.5 Å². The van der Waals surface area contributed by atoms with Crippen LogP contribution in [0, 0.1) is 0 Å². The van der Waals surface area contributed by atoms with E-state index in [0.717, 1.165) is 12.2 Å². The number of carbonyl (C=O) groups is 1. The Kier molecular flexibility index (Phi) is 2.48. The topological polar surface area (TPSA) is 17.1 Å². The van der Waals surface area contributed by atoms with Crippen molar-refractivity contribution >= 4 is 23.6 Å². The molecule has 1 aliphatic carbocycles. The molecule has 0 bridgehead atoms. The van der Waals surface area contributed by atoms with E-state index >= 15 is 0 Å². The summed E-state index contributed by atoms with van der Waals surface area (Å²) in [7, 11) is 0. The predicted molar refractivity (Wildman–Crippen MR) is 73.0 cm³/mol. The molecule has 0 amide bonds. The molecular formula is C15H14OS. The van der Waals surface area contributed by atoms with E-state index in [1.54, 1.807) is 17.8 Å². The van der Waals surface area contributed by atoms with E-state index in [9.17, 15) is 4.79 Å². The van der Waals surface area contributed by atoms with Gasteiger partial charge in [0.1, 0.15) is 4.75 Å². The first-order valence-corrected chi connectivity index (χ1v) is 6.82. The number of benzene rings is 1. The van der Waals surface area contributed by atoms with Gasteiger partial charge in [-0.2, -0.15) is 0 Å². The molecule has 86 valence electrons. The van der Waals surface area contributed by atoms with Crippen LogP contribution in [0.2, 0.25) is 0 Å². The molecule has 1 aromatic carbocycles. The fourth-order valence-corrected chi connectivity index (χ4v) is 3.82. The van der Waals surface area contributed by atoms with Crippen LogP contribution < -0.4 is 0 Å². The second kappa shape index (κ2) is 3.88. The van der Waals surface area contributed by atoms with Gasteiger partial charge in [-0.05, 0) is 30.5 Å². The highest BCUT2D eigenvalue weighted by Gasteiger charge is 2.42. The van der Waals surface area contributed by atoms with Gasteiger partial charge in [0, 0.05) is 5.75 Å². The third kappa shape index (κ3) is 1.59. The van der Waals surface area contributed by atoms with Crippen LogP contribution in [0.5, 0.6) is 0 Å². The maximum atomic E-state index is 12.3. The molecule has 0 saturated carbocycles. The SMILES string of the molecule is CC1=CCC2(SC1)C(=O)C=Cc1ccccc12. The van der Waals surface area contributed by atoms with E-state index in [4.69, 9.17) is 0 Å². The number of fused-ring (bicyclic) bond motifs is 2. The van der Waals surface area contributed by atoms with Crippen molar-refractivity contribution in [2.45, 2.75) is 18.1 Å². The molecule has 17 heavy (non-hydrogen) atoms. The Hall–Kier alpha value is -1.28. The van der Waals surface area contributed by atoms with Crippen molar-refractivity contribution in [3.05, 3.63) is 53.1 Å². The fraction of sp³-hybridized carbons (Fsp3) is 0.267. The summed E-state index contributed by atoms with van der Waals surface area (Å²) in [5, 5.41) is 0. The maximum Gasteiger partial charge on any atom is 0.176 e. The molecule has 1 unspecified atom stereocenters. The molecule has 0 saturated heterocycles. The predicted octanol–water partition coefficient (Wildman–Crippen LogP) is 3.56. The molecule has 2 heteroatoms. The minimum Gasteiger partial charge on any atom is -0.293 e. The zero-order valence-corrected chi connectivity index (χ0v) is 10.6. The zero-order chi connectivity index (χ0) is 11.9. The van der Waals surface area contributed by atoms with Gasteiger partial charge in [0.05, 0.1) is 0 Å². The summed E-state index contributed by atoms with van der Waals surface area (Å²) in [4.78, 5) is 12.3. The summed E-state index contributed by atoms with van der Waals surface area (Å²) in [5.41, 5.74) is 3.74. The molecule has 0 radical (unpaired) electrons. The molecule has 1 nitrogen and oxygen atoms in total. The second-order valence-corrected chi connectivity index (χ2v) is 5.93. The van der Waals surface area contributed by atoms with Crippen LogP contribution in [-0.2, 0) is 9.54 Å². The van der Waals surface area contributed by atoms with Crippen molar-refractivity contribution in [1.29, 1.82) is 0 Å². The van der Waals surface area contributed by atoms with E-state index in [1.807, 2.05) is 18.2 Å². The van der Waals surface area contributed by atoms with Gasteiger partial charge >= 0.3 is 0 Å². The van der Waals surface area contributed by atoms with E-state index < -0.39 is 0 Å². The fourth-order valence-electron chi connectivity index (χ4n) is 2.48. The number of ketones is 1. The lowest BCUT2D eigenvalue weighted by molar-refractivity contribution is -0.117. The molecule has 0 aromatic heterocycles. The standard InChI is InChI=1S/C15H14OS/c1-11-8-9-15(17-10-11)13-5-3-2-4-12(13)6-7-14(15)16/h2-8H,9-10H2,1H3. The Labute approximate surface area is 106 Å². The summed E-state index contributed by atoms with van der Waals surface area (Å²) < 4.78 is -0.356. The van der Waals surface area contributed by atoms with Crippen LogP contribution in [0.4, 0.5) is 0 Å². The van der Waals surface area contributed by atoms with Crippen molar-refractivity contribution in [2.24, 2.45) is 0 Å². The van der Waals surface area contributed by atoms with Crippen LogP contribution in [-0.4, -0.2) is 11.5 Å². The van der Waals surface area contributed by atoms with Crippen LogP contribution in [0.25, 0.3) is 6.08 Å². The van der Waals surface area contributed by atoms with E-state index in [1.165, 1.54) is 16.7 Å². The molecule has 3 rings (SSSR count). The summed E-state index contributed by atoms with van der Waals surface area (Å²) >= 11 is 1.78. The maximum absolute atomic E-state index is 12.3. The number of hydrogen-bond donors (Lipinski definition) is 0. The van der Waals surface area contributed by atoms with Gasteiger partial charge < -0.3 is 0 Å². The number of allylic oxidation sites excluding steroid dienone is 2. The van der Waals surface area contributed by atoms with E-state index in [2.05, 4.69) is 25.1 Å². The van der Waals surface area contributed by atoms with Crippen LogP contribution in [0.3, 0.4) is 0 Å². The normalized spacial score (nSPS) is 26.9. The van der Waals surface area contributed by atoms with Gasteiger partial charge in [-0.15, -0.1) is 11.8 Å². The van der Waals surface area contributed by atoms with Crippen molar-refractivity contribution in [1.82, 2.24) is 0 Å². The average Bonchev–Trinajstić information content (AvgIpc) is 2.37. The van der Waals surface area contributed by atoms with Crippen molar-refractivity contribution in [3.8, 4) is 0 Å². The summed E-state index contributed by atoms with van der Waals surface area (Å²) in [6.45, 7) is 2.13. The number of carbonyl (C=O) groups excluding carboxylic acids is 1. The number of thioether (sulfide) groups is 1. The van der Waals surface area contributed by atoms with Crippen molar-refractivity contribution in [3.63, 3.8) is 0 Å². The number of rotatable bonds is 0. The Morgan fingerprint density at radius 2 is 2.06 bits per heavy atom. The molecule has 1 aliphatic heterocycles. The quantitative estimate of drug-likeness (QED) is 0.647. The van der Waals surface area contributed by atoms with Gasteiger partial charge in [0.15, 0.2) is 5.78 Å². The minimum atomic E-state index is -0.356. The van der Waals surface area contributed by atoms with Crippen LogP contribution in [0.15, 0.2) is 42.0 Å². The molecule has 1 aromatic rings. The summed E-state index contributed by atoms with van der Waals surface area (Å²) in [6, 6.07) is 8.24. The monoisotopic (exact) mass is 242 g/mol. The third-order valence-corrected chi connectivity index (χ3v) is 5.17. The molecule has 2 aliphatic rings. The average molecular weight is 242 g/mol. The van der Waals surface area contributed by atoms with Gasteiger partial charge in [-0.25, -0.2) is 0 Å². The lowest BCUT2D eigenvalue weighted by Crippen LogP contribution is -2.35. The molecule has 1 spiro atoms. The lowest BCUT2D eigenvalue weighted by atomic mass is 9.82. The van der Waals surface area contributed by atoms with Gasteiger partial charge in [0.25, 0.3) is 0 Å². The first kappa shape index (κ1) is 10.8. The molecule has 0 fully saturated rings. The first-order chi connectivity index (χ1) is 8.22. The third-order valence-electron chi connectivity index (χ3n) is 3.49. The van der Waals surface area contributed by atoms with Gasteiger partial charge in [0.2, 0.25) is 0 Å². The highest BCUT2D eigenvalue weighted by atomic mass is 32.2. The first-order valence-electron chi connectivity index (χ1n) is 5.84. The lowest BCUT2D eigenvalue weighted by Gasteiger charge is -2.36. The molecule has 1 atom stereocenters. The molecular weight excluding hydrogens is 228 g/mol. The Balaban J connectivity index is 2.16. The highest BCUT2D eigenvalue weighted by molar-refractivity contribution is 8.01. The van der Waals surface area contributed by atoms with Crippen molar-refractivity contribution in [2.75, 3.05) is 5.75 Å². The Bertz CT molecular complexity index is 542. The Morgan fingerprint density at radius 1 is 1.24 bits per heavy atom. The van der Waals surface area contributed by atoms with E-state index in [-0.39, 0.29) is 10.5 Å². The molecule has 1 heterocycles.